The standard InChI is InChI=1S/C23H26O11/c1-11(24)2-3-12-4-6-14(7-5-12)33-23-21(30)20(29)19(28)17(34-23)10-32-22(31)13-8-15(25)18(27)16(26)9-13/h4-9,17,19-21,23,25-30H,2-3,10H2,1H3/t17-,19-,20+,21-,23+/m0/s1. The lowest BCUT2D eigenvalue weighted by molar-refractivity contribution is -0.277. The van der Waals surface area contributed by atoms with Gasteiger partial charge in [-0.1, -0.05) is 12.1 Å². The molecule has 34 heavy (non-hydrogen) atoms. The number of rotatable bonds is 8. The van der Waals surface area contributed by atoms with Gasteiger partial charge in [0.25, 0.3) is 0 Å². The summed E-state index contributed by atoms with van der Waals surface area (Å²) < 4.78 is 16.1. The number of carbonyl (C=O) groups is 2. The van der Waals surface area contributed by atoms with Crippen LogP contribution in [0, 0.1) is 0 Å². The van der Waals surface area contributed by atoms with E-state index in [9.17, 15) is 40.2 Å². The van der Waals surface area contributed by atoms with Crippen molar-refractivity contribution >= 4 is 11.8 Å². The minimum Gasteiger partial charge on any atom is -0.504 e. The van der Waals surface area contributed by atoms with Crippen molar-refractivity contribution in [1.29, 1.82) is 0 Å². The first kappa shape index (κ1) is 25.2. The van der Waals surface area contributed by atoms with Gasteiger partial charge in [-0.3, -0.25) is 0 Å². The molecule has 0 radical (unpaired) electrons. The molecule has 0 amide bonds. The fourth-order valence-corrected chi connectivity index (χ4v) is 3.30. The molecule has 5 atom stereocenters. The molecule has 1 heterocycles. The largest absolute Gasteiger partial charge is 0.504 e. The fraction of sp³-hybridized carbons (Fsp3) is 0.391. The van der Waals surface area contributed by atoms with Crippen LogP contribution in [-0.2, 0) is 20.7 Å². The van der Waals surface area contributed by atoms with E-state index in [1.807, 2.05) is 0 Å². The number of aliphatic hydroxyl groups is 3. The third-order valence-corrected chi connectivity index (χ3v) is 5.29. The average Bonchev–Trinajstić information content (AvgIpc) is 2.81. The number of phenolic OH excluding ortho intramolecular Hbond substituents is 3. The highest BCUT2D eigenvalue weighted by atomic mass is 16.7. The number of aromatic hydroxyl groups is 3. The van der Waals surface area contributed by atoms with Crippen LogP contribution < -0.4 is 4.74 Å². The van der Waals surface area contributed by atoms with E-state index in [1.54, 1.807) is 24.3 Å². The zero-order chi connectivity index (χ0) is 25.0. The zero-order valence-corrected chi connectivity index (χ0v) is 18.2. The molecule has 11 heteroatoms. The van der Waals surface area contributed by atoms with Crippen molar-refractivity contribution in [3.8, 4) is 23.0 Å². The van der Waals surface area contributed by atoms with Crippen molar-refractivity contribution in [2.24, 2.45) is 0 Å². The number of aryl methyl sites for hydroxylation is 1. The molecule has 6 N–H and O–H groups in total. The number of ketones is 1. The molecule has 1 saturated heterocycles. The van der Waals surface area contributed by atoms with E-state index in [2.05, 4.69) is 0 Å². The summed E-state index contributed by atoms with van der Waals surface area (Å²) in [6.45, 7) is 0.946. The first-order valence-electron chi connectivity index (χ1n) is 10.4. The minimum atomic E-state index is -1.67. The molecule has 0 bridgehead atoms. The average molecular weight is 478 g/mol. The Kier molecular flexibility index (Phi) is 7.94. The van der Waals surface area contributed by atoms with Crippen LogP contribution in [0.2, 0.25) is 0 Å². The van der Waals surface area contributed by atoms with Crippen LogP contribution in [-0.4, -0.2) is 79.7 Å². The maximum absolute atomic E-state index is 12.2. The van der Waals surface area contributed by atoms with Crippen molar-refractivity contribution in [3.05, 3.63) is 47.5 Å². The Bertz CT molecular complexity index is 997. The third kappa shape index (κ3) is 5.94. The number of esters is 1. The van der Waals surface area contributed by atoms with Gasteiger partial charge in [0.15, 0.2) is 17.2 Å². The highest BCUT2D eigenvalue weighted by Crippen LogP contribution is 2.35. The number of aliphatic hydroxyl groups excluding tert-OH is 3. The SMILES string of the molecule is CC(=O)CCc1ccc(O[C@@H]2O[C@@H](COC(=O)c3cc(O)c(O)c(O)c3)[C@H](O)[C@@H](O)[C@@H]2O)cc1. The minimum absolute atomic E-state index is 0.0670. The van der Waals surface area contributed by atoms with E-state index in [0.717, 1.165) is 17.7 Å². The molecular weight excluding hydrogens is 452 g/mol. The Morgan fingerprint density at radius 1 is 0.941 bits per heavy atom. The van der Waals surface area contributed by atoms with E-state index < -0.39 is 60.5 Å². The Labute approximate surface area is 194 Å². The predicted octanol–water partition coefficient (Wildman–Crippen LogP) is 0.368. The van der Waals surface area contributed by atoms with Gasteiger partial charge in [0.2, 0.25) is 6.29 Å². The normalized spacial score (nSPS) is 24.4. The topological polar surface area (TPSA) is 183 Å². The van der Waals surface area contributed by atoms with Gasteiger partial charge in [0.1, 0.15) is 42.6 Å². The lowest BCUT2D eigenvalue weighted by Crippen LogP contribution is -2.60. The molecule has 0 aliphatic carbocycles. The first-order valence-corrected chi connectivity index (χ1v) is 10.4. The highest BCUT2D eigenvalue weighted by molar-refractivity contribution is 5.91. The molecule has 2 aromatic carbocycles. The second-order valence-corrected chi connectivity index (χ2v) is 7.94. The number of carbonyl (C=O) groups excluding carboxylic acids is 2. The summed E-state index contributed by atoms with van der Waals surface area (Å²) in [6.07, 6.45) is -6.60. The summed E-state index contributed by atoms with van der Waals surface area (Å²) in [4.78, 5) is 23.3. The molecular formula is C23H26O11. The lowest BCUT2D eigenvalue weighted by Gasteiger charge is -2.39. The maximum Gasteiger partial charge on any atom is 0.338 e. The lowest BCUT2D eigenvalue weighted by atomic mass is 9.99. The molecule has 184 valence electrons. The quantitative estimate of drug-likeness (QED) is 0.228. The van der Waals surface area contributed by atoms with Crippen molar-refractivity contribution in [2.75, 3.05) is 6.61 Å². The zero-order valence-electron chi connectivity index (χ0n) is 18.2. The summed E-state index contributed by atoms with van der Waals surface area (Å²) in [6, 6.07) is 8.42. The summed E-state index contributed by atoms with van der Waals surface area (Å²) in [7, 11) is 0. The molecule has 1 aliphatic heterocycles. The molecule has 0 spiro atoms. The molecule has 2 aromatic rings. The van der Waals surface area contributed by atoms with Crippen molar-refractivity contribution in [2.45, 2.75) is 50.5 Å². The van der Waals surface area contributed by atoms with Crippen LogP contribution in [0.3, 0.4) is 0 Å². The van der Waals surface area contributed by atoms with E-state index in [1.165, 1.54) is 6.92 Å². The molecule has 0 aromatic heterocycles. The van der Waals surface area contributed by atoms with Crippen LogP contribution in [0.1, 0.15) is 29.3 Å². The molecule has 1 fully saturated rings. The van der Waals surface area contributed by atoms with Crippen LogP contribution in [0.15, 0.2) is 36.4 Å². The predicted molar refractivity (Wildman–Crippen MR) is 114 cm³/mol. The van der Waals surface area contributed by atoms with Gasteiger partial charge < -0.3 is 49.6 Å². The van der Waals surface area contributed by atoms with Gasteiger partial charge in [-0.05, 0) is 43.2 Å². The van der Waals surface area contributed by atoms with E-state index in [-0.39, 0.29) is 11.3 Å². The molecule has 3 rings (SSSR count). The molecule has 0 unspecified atom stereocenters. The Hall–Kier alpha value is -3.38. The molecule has 1 aliphatic rings. The van der Waals surface area contributed by atoms with Gasteiger partial charge in [0, 0.05) is 6.42 Å². The van der Waals surface area contributed by atoms with Gasteiger partial charge in [-0.25, -0.2) is 4.79 Å². The fourth-order valence-electron chi connectivity index (χ4n) is 3.30. The summed E-state index contributed by atoms with van der Waals surface area (Å²) in [5.74, 6) is -2.92. The number of benzene rings is 2. The van der Waals surface area contributed by atoms with Crippen molar-refractivity contribution < 1.29 is 54.4 Å². The molecule has 0 saturated carbocycles. The highest BCUT2D eigenvalue weighted by Gasteiger charge is 2.45. The molecule has 11 nitrogen and oxygen atoms in total. The number of hydrogen-bond donors (Lipinski definition) is 6. The van der Waals surface area contributed by atoms with E-state index in [0.29, 0.717) is 18.6 Å². The van der Waals surface area contributed by atoms with Crippen LogP contribution >= 0.6 is 0 Å². The van der Waals surface area contributed by atoms with Crippen LogP contribution in [0.4, 0.5) is 0 Å². The maximum atomic E-state index is 12.2. The summed E-state index contributed by atoms with van der Waals surface area (Å²) in [5.41, 5.74) is 0.621. The second kappa shape index (κ2) is 10.7. The van der Waals surface area contributed by atoms with Gasteiger partial charge in [-0.15, -0.1) is 0 Å². The second-order valence-electron chi connectivity index (χ2n) is 7.94. The Morgan fingerprint density at radius 3 is 2.15 bits per heavy atom. The first-order chi connectivity index (χ1) is 16.1. The smallest absolute Gasteiger partial charge is 0.338 e. The summed E-state index contributed by atoms with van der Waals surface area (Å²) >= 11 is 0. The number of Topliss-reactive ketones (excluding diaryl/α,β-unsaturated/α-hetero) is 1. The van der Waals surface area contributed by atoms with Crippen molar-refractivity contribution in [3.63, 3.8) is 0 Å². The van der Waals surface area contributed by atoms with Crippen LogP contribution in [0.25, 0.3) is 0 Å². The number of phenols is 3. The summed E-state index contributed by atoms with van der Waals surface area (Å²) in [5, 5.41) is 59.1. The Balaban J connectivity index is 1.63. The number of hydrogen-bond acceptors (Lipinski definition) is 11. The third-order valence-electron chi connectivity index (χ3n) is 5.29. The monoisotopic (exact) mass is 478 g/mol. The van der Waals surface area contributed by atoms with Crippen molar-refractivity contribution in [1.82, 2.24) is 0 Å². The Morgan fingerprint density at radius 2 is 1.56 bits per heavy atom. The van der Waals surface area contributed by atoms with E-state index >= 15 is 0 Å². The van der Waals surface area contributed by atoms with Gasteiger partial charge >= 0.3 is 5.97 Å². The number of ether oxygens (including phenoxy) is 3. The van der Waals surface area contributed by atoms with Crippen LogP contribution in [0.5, 0.6) is 23.0 Å². The van der Waals surface area contributed by atoms with Gasteiger partial charge in [0.05, 0.1) is 5.56 Å². The van der Waals surface area contributed by atoms with E-state index in [4.69, 9.17) is 14.2 Å². The van der Waals surface area contributed by atoms with Gasteiger partial charge in [-0.2, -0.15) is 0 Å².